The molecule has 1 aromatic carbocycles. The van der Waals surface area contributed by atoms with Gasteiger partial charge in [-0.3, -0.25) is 0 Å². The molecule has 21 heavy (non-hydrogen) atoms. The normalized spacial score (nSPS) is 13.3. The number of hydrogen-bond acceptors (Lipinski definition) is 5. The van der Waals surface area contributed by atoms with E-state index in [1.54, 1.807) is 6.92 Å². The van der Waals surface area contributed by atoms with Gasteiger partial charge in [0.1, 0.15) is 0 Å². The van der Waals surface area contributed by atoms with Gasteiger partial charge in [0.15, 0.2) is 8.68 Å². The largest absolute Gasteiger partial charge is 0.395 e. The summed E-state index contributed by atoms with van der Waals surface area (Å²) in [7, 11) is -3.74. The Balaban J connectivity index is 2.16. The van der Waals surface area contributed by atoms with Gasteiger partial charge in [0, 0.05) is 6.04 Å². The van der Waals surface area contributed by atoms with Crippen molar-refractivity contribution in [3.8, 4) is 0 Å². The molecule has 0 aliphatic heterocycles. The summed E-state index contributed by atoms with van der Waals surface area (Å²) in [5, 5.41) is 9.41. The maximum atomic E-state index is 12.3. The summed E-state index contributed by atoms with van der Waals surface area (Å²) in [6.45, 7) is 1.29. The lowest BCUT2D eigenvalue weighted by atomic mass is 10.1. The Hall–Kier alpha value is -0.990. The van der Waals surface area contributed by atoms with Crippen LogP contribution in [0.3, 0.4) is 0 Å². The van der Waals surface area contributed by atoms with Crippen molar-refractivity contribution in [3.05, 3.63) is 46.1 Å². The lowest BCUT2D eigenvalue weighted by Gasteiger charge is -2.16. The molecule has 1 unspecified atom stereocenters. The molecule has 0 fully saturated rings. The molecule has 0 bridgehead atoms. The second kappa shape index (κ2) is 6.85. The number of benzene rings is 1. The zero-order valence-electron chi connectivity index (χ0n) is 11.3. The average Bonchev–Trinajstić information content (AvgIpc) is 2.79. The van der Waals surface area contributed by atoms with Crippen LogP contribution in [-0.4, -0.2) is 31.2 Å². The standard InChI is InChI=1S/C13H15ClN2O3S2/c1-9-12(20-13(14)15-9)21(18,19)16-11(8-17)7-10-5-3-2-4-6-10/h2-6,11,16-17H,7-8H2,1H3. The van der Waals surface area contributed by atoms with E-state index < -0.39 is 16.1 Å². The molecule has 0 saturated heterocycles. The Morgan fingerprint density at radius 3 is 2.57 bits per heavy atom. The van der Waals surface area contributed by atoms with Crippen LogP contribution in [-0.2, 0) is 16.4 Å². The monoisotopic (exact) mass is 346 g/mol. The minimum absolute atomic E-state index is 0.0824. The van der Waals surface area contributed by atoms with Crippen LogP contribution < -0.4 is 4.72 Å². The van der Waals surface area contributed by atoms with Gasteiger partial charge in [-0.05, 0) is 18.9 Å². The number of thiazole rings is 1. The van der Waals surface area contributed by atoms with Crippen molar-refractivity contribution in [1.82, 2.24) is 9.71 Å². The van der Waals surface area contributed by atoms with E-state index in [1.165, 1.54) is 0 Å². The fourth-order valence-corrected chi connectivity index (χ4v) is 4.90. The van der Waals surface area contributed by atoms with Crippen LogP contribution in [0.4, 0.5) is 0 Å². The third-order valence-corrected chi connectivity index (χ3v) is 6.23. The van der Waals surface area contributed by atoms with Gasteiger partial charge < -0.3 is 5.11 Å². The molecule has 0 amide bonds. The SMILES string of the molecule is Cc1nc(Cl)sc1S(=O)(=O)NC(CO)Cc1ccccc1. The number of aliphatic hydroxyl groups is 1. The maximum Gasteiger partial charge on any atom is 0.252 e. The first kappa shape index (κ1) is 16.4. The summed E-state index contributed by atoms with van der Waals surface area (Å²) in [6.07, 6.45) is 0.405. The van der Waals surface area contributed by atoms with Gasteiger partial charge in [-0.15, -0.1) is 0 Å². The smallest absolute Gasteiger partial charge is 0.252 e. The topological polar surface area (TPSA) is 79.3 Å². The molecular weight excluding hydrogens is 332 g/mol. The van der Waals surface area contributed by atoms with E-state index in [4.69, 9.17) is 11.6 Å². The first-order valence-corrected chi connectivity index (χ1v) is 8.90. The number of nitrogens with one attached hydrogen (secondary N) is 1. The molecule has 0 saturated carbocycles. The van der Waals surface area contributed by atoms with Crippen molar-refractivity contribution in [2.45, 2.75) is 23.6 Å². The number of sulfonamides is 1. The van der Waals surface area contributed by atoms with E-state index in [1.807, 2.05) is 30.3 Å². The highest BCUT2D eigenvalue weighted by atomic mass is 35.5. The number of halogens is 1. The van der Waals surface area contributed by atoms with Crippen LogP contribution in [0.1, 0.15) is 11.3 Å². The summed E-state index contributed by atoms with van der Waals surface area (Å²) >= 11 is 6.64. The highest BCUT2D eigenvalue weighted by Gasteiger charge is 2.24. The summed E-state index contributed by atoms with van der Waals surface area (Å²) < 4.78 is 27.4. The fraction of sp³-hybridized carbons (Fsp3) is 0.308. The summed E-state index contributed by atoms with van der Waals surface area (Å²) in [5.74, 6) is 0. The molecule has 5 nitrogen and oxygen atoms in total. The van der Waals surface area contributed by atoms with Gasteiger partial charge in [-0.1, -0.05) is 53.3 Å². The molecule has 2 rings (SSSR count). The minimum Gasteiger partial charge on any atom is -0.395 e. The molecule has 0 aliphatic rings. The molecule has 1 heterocycles. The number of nitrogens with zero attached hydrogens (tertiary/aromatic N) is 1. The molecule has 2 N–H and O–H groups in total. The second-order valence-corrected chi connectivity index (χ2v) is 8.02. The molecule has 1 aromatic heterocycles. The number of aryl methyl sites for hydroxylation is 1. The number of aliphatic hydroxyl groups excluding tert-OH is 1. The quantitative estimate of drug-likeness (QED) is 0.838. The third kappa shape index (κ3) is 4.24. The van der Waals surface area contributed by atoms with Crippen LogP contribution >= 0.6 is 22.9 Å². The van der Waals surface area contributed by atoms with Crippen molar-refractivity contribution in [2.75, 3.05) is 6.61 Å². The van der Waals surface area contributed by atoms with Crippen LogP contribution in [0.15, 0.2) is 34.5 Å². The summed E-state index contributed by atoms with van der Waals surface area (Å²) in [4.78, 5) is 3.90. The first-order valence-electron chi connectivity index (χ1n) is 6.22. The molecular formula is C13H15ClN2O3S2. The Labute approximate surface area is 132 Å². The van der Waals surface area contributed by atoms with E-state index >= 15 is 0 Å². The van der Waals surface area contributed by atoms with Gasteiger partial charge >= 0.3 is 0 Å². The highest BCUT2D eigenvalue weighted by molar-refractivity contribution is 7.91. The van der Waals surface area contributed by atoms with Gasteiger partial charge in [-0.25, -0.2) is 18.1 Å². The molecule has 0 spiro atoms. The van der Waals surface area contributed by atoms with Crippen LogP contribution in [0.5, 0.6) is 0 Å². The molecule has 2 aromatic rings. The van der Waals surface area contributed by atoms with Gasteiger partial charge in [0.2, 0.25) is 0 Å². The summed E-state index contributed by atoms with van der Waals surface area (Å²) in [6, 6.07) is 8.77. The molecule has 0 aliphatic carbocycles. The van der Waals surface area contributed by atoms with Crippen molar-refractivity contribution in [1.29, 1.82) is 0 Å². The average molecular weight is 347 g/mol. The van der Waals surface area contributed by atoms with Gasteiger partial charge in [0.25, 0.3) is 10.0 Å². The Kier molecular flexibility index (Phi) is 5.34. The van der Waals surface area contributed by atoms with Crippen molar-refractivity contribution >= 4 is 33.0 Å². The van der Waals surface area contributed by atoms with Crippen molar-refractivity contribution < 1.29 is 13.5 Å². The highest BCUT2D eigenvalue weighted by Crippen LogP contribution is 2.26. The van der Waals surface area contributed by atoms with E-state index in [9.17, 15) is 13.5 Å². The Bertz CT molecular complexity index is 701. The minimum atomic E-state index is -3.74. The molecule has 8 heteroatoms. The fourth-order valence-electron chi connectivity index (χ4n) is 1.92. The van der Waals surface area contributed by atoms with E-state index in [0.717, 1.165) is 16.9 Å². The molecule has 1 atom stereocenters. The van der Waals surface area contributed by atoms with Crippen LogP contribution in [0.25, 0.3) is 0 Å². The lowest BCUT2D eigenvalue weighted by Crippen LogP contribution is -2.38. The van der Waals surface area contributed by atoms with Crippen LogP contribution in [0.2, 0.25) is 4.47 Å². The first-order chi connectivity index (χ1) is 9.92. The summed E-state index contributed by atoms with van der Waals surface area (Å²) in [5.41, 5.74) is 1.30. The zero-order chi connectivity index (χ0) is 15.5. The van der Waals surface area contributed by atoms with E-state index in [2.05, 4.69) is 9.71 Å². The maximum absolute atomic E-state index is 12.3. The van der Waals surface area contributed by atoms with E-state index in [0.29, 0.717) is 12.1 Å². The predicted molar refractivity (Wildman–Crippen MR) is 83.2 cm³/mol. The predicted octanol–water partition coefficient (Wildman–Crippen LogP) is 1.99. The molecule has 0 radical (unpaired) electrons. The van der Waals surface area contributed by atoms with Gasteiger partial charge in [-0.2, -0.15) is 0 Å². The molecule has 114 valence electrons. The van der Waals surface area contributed by atoms with Crippen molar-refractivity contribution in [3.63, 3.8) is 0 Å². The second-order valence-electron chi connectivity index (χ2n) is 4.53. The number of aromatic nitrogens is 1. The Morgan fingerprint density at radius 1 is 1.38 bits per heavy atom. The van der Waals surface area contributed by atoms with Crippen molar-refractivity contribution in [2.24, 2.45) is 0 Å². The number of rotatable bonds is 6. The van der Waals surface area contributed by atoms with Crippen LogP contribution in [0, 0.1) is 6.92 Å². The Morgan fingerprint density at radius 2 is 2.05 bits per heavy atom. The van der Waals surface area contributed by atoms with E-state index in [-0.39, 0.29) is 15.3 Å². The number of hydrogen-bond donors (Lipinski definition) is 2. The van der Waals surface area contributed by atoms with Gasteiger partial charge in [0.05, 0.1) is 12.3 Å². The lowest BCUT2D eigenvalue weighted by molar-refractivity contribution is 0.256. The third-order valence-electron chi connectivity index (χ3n) is 2.84. The zero-order valence-corrected chi connectivity index (χ0v) is 13.7.